The van der Waals surface area contributed by atoms with E-state index in [1.165, 1.54) is 38.6 Å². The number of ether oxygens (including phenoxy) is 1. The van der Waals surface area contributed by atoms with Gasteiger partial charge in [-0.3, -0.25) is 0 Å². The fourth-order valence-electron chi connectivity index (χ4n) is 5.20. The minimum atomic E-state index is 0.451. The lowest BCUT2D eigenvalue weighted by atomic mass is 9.68. The number of nitrogens with one attached hydrogen (secondary N) is 1. The van der Waals surface area contributed by atoms with E-state index in [-0.39, 0.29) is 0 Å². The second-order valence-corrected chi connectivity index (χ2v) is 8.65. The highest BCUT2D eigenvalue weighted by molar-refractivity contribution is 5.12. The van der Waals surface area contributed by atoms with Crippen LogP contribution in [0.4, 0.5) is 0 Å². The molecule has 0 radical (unpaired) electrons. The Bertz CT molecular complexity index is 340. The third-order valence-corrected chi connectivity index (χ3v) is 6.70. The Hall–Kier alpha value is -0.0800. The lowest BCUT2D eigenvalue weighted by molar-refractivity contribution is 0.0145. The van der Waals surface area contributed by atoms with Crippen LogP contribution in [0.2, 0.25) is 0 Å². The van der Waals surface area contributed by atoms with Gasteiger partial charge in [-0.2, -0.15) is 0 Å². The van der Waals surface area contributed by atoms with Gasteiger partial charge in [0.2, 0.25) is 0 Å². The van der Waals surface area contributed by atoms with Crippen LogP contribution in [0, 0.1) is 22.2 Å². The summed E-state index contributed by atoms with van der Waals surface area (Å²) in [4.78, 5) is 0. The molecule has 2 heteroatoms. The van der Waals surface area contributed by atoms with Gasteiger partial charge in [-0.15, -0.1) is 0 Å². The summed E-state index contributed by atoms with van der Waals surface area (Å²) < 4.78 is 5.52. The zero-order chi connectivity index (χ0) is 13.7. The van der Waals surface area contributed by atoms with Crippen LogP contribution in [0.1, 0.15) is 59.8 Å². The molecule has 19 heavy (non-hydrogen) atoms. The second-order valence-electron chi connectivity index (χ2n) is 8.65. The first kappa shape index (κ1) is 13.9. The maximum absolute atomic E-state index is 5.52. The highest BCUT2D eigenvalue weighted by Crippen LogP contribution is 2.62. The summed E-state index contributed by atoms with van der Waals surface area (Å²) in [6.07, 6.45) is 6.75. The molecule has 0 aromatic heterocycles. The molecule has 0 aromatic rings. The Morgan fingerprint density at radius 3 is 2.32 bits per heavy atom. The molecule has 110 valence electrons. The molecule has 1 heterocycles. The van der Waals surface area contributed by atoms with Crippen LogP contribution in [0.5, 0.6) is 0 Å². The Morgan fingerprint density at radius 1 is 1.05 bits per heavy atom. The molecular weight excluding hydrogens is 234 g/mol. The van der Waals surface area contributed by atoms with Crippen molar-refractivity contribution in [2.75, 3.05) is 19.8 Å². The minimum absolute atomic E-state index is 0.451. The maximum atomic E-state index is 5.52. The topological polar surface area (TPSA) is 21.3 Å². The first-order valence-corrected chi connectivity index (χ1v) is 8.17. The molecule has 3 rings (SSSR count). The Labute approximate surface area is 118 Å². The minimum Gasteiger partial charge on any atom is -0.381 e. The van der Waals surface area contributed by atoms with Crippen molar-refractivity contribution in [3.8, 4) is 0 Å². The summed E-state index contributed by atoms with van der Waals surface area (Å²) in [5.74, 6) is 0.942. The van der Waals surface area contributed by atoms with Crippen LogP contribution in [-0.4, -0.2) is 25.8 Å². The van der Waals surface area contributed by atoms with Gasteiger partial charge in [0.1, 0.15) is 0 Å². The van der Waals surface area contributed by atoms with Crippen LogP contribution in [-0.2, 0) is 4.74 Å². The lowest BCUT2D eigenvalue weighted by Crippen LogP contribution is -2.53. The molecule has 1 N–H and O–H groups in total. The van der Waals surface area contributed by atoms with Crippen molar-refractivity contribution in [1.82, 2.24) is 5.32 Å². The standard InChI is InChI=1S/C17H31NO/c1-15(2)13-5-6-17(4,11-13)14(15)18-12-16(3)7-9-19-10-8-16/h13-14,18H,5-12H2,1-4H3. The van der Waals surface area contributed by atoms with E-state index in [0.717, 1.165) is 19.1 Å². The van der Waals surface area contributed by atoms with E-state index in [0.29, 0.717) is 22.3 Å². The molecule has 2 aliphatic carbocycles. The summed E-state index contributed by atoms with van der Waals surface area (Å²) in [5, 5.41) is 4.00. The summed E-state index contributed by atoms with van der Waals surface area (Å²) in [7, 11) is 0. The molecule has 1 aliphatic heterocycles. The van der Waals surface area contributed by atoms with E-state index in [1.807, 2.05) is 0 Å². The normalized spacial score (nSPS) is 43.6. The summed E-state index contributed by atoms with van der Waals surface area (Å²) in [6.45, 7) is 13.0. The van der Waals surface area contributed by atoms with Gasteiger partial charge in [-0.05, 0) is 54.3 Å². The fourth-order valence-corrected chi connectivity index (χ4v) is 5.20. The van der Waals surface area contributed by atoms with Crippen LogP contribution >= 0.6 is 0 Å². The van der Waals surface area contributed by atoms with Crippen LogP contribution in [0.15, 0.2) is 0 Å². The molecule has 0 amide bonds. The average molecular weight is 265 g/mol. The number of fused-ring (bicyclic) bond motifs is 2. The fraction of sp³-hybridized carbons (Fsp3) is 1.00. The van der Waals surface area contributed by atoms with Gasteiger partial charge < -0.3 is 10.1 Å². The van der Waals surface area contributed by atoms with Crippen molar-refractivity contribution in [1.29, 1.82) is 0 Å². The first-order chi connectivity index (χ1) is 8.86. The van der Waals surface area contributed by atoms with Gasteiger partial charge in [0, 0.05) is 25.8 Å². The molecule has 0 aromatic carbocycles. The quantitative estimate of drug-likeness (QED) is 0.841. The Balaban J connectivity index is 1.66. The van der Waals surface area contributed by atoms with Gasteiger partial charge in [0.25, 0.3) is 0 Å². The Morgan fingerprint density at radius 2 is 1.74 bits per heavy atom. The van der Waals surface area contributed by atoms with Gasteiger partial charge in [-0.1, -0.05) is 27.7 Å². The lowest BCUT2D eigenvalue weighted by Gasteiger charge is -2.45. The van der Waals surface area contributed by atoms with Crippen molar-refractivity contribution in [3.63, 3.8) is 0 Å². The molecule has 1 saturated heterocycles. The van der Waals surface area contributed by atoms with Gasteiger partial charge in [-0.25, -0.2) is 0 Å². The SMILES string of the molecule is CC1(CNC2C3(C)CCC(C3)C2(C)C)CCOCC1. The molecule has 0 spiro atoms. The molecule has 3 atom stereocenters. The van der Waals surface area contributed by atoms with Crippen LogP contribution < -0.4 is 5.32 Å². The third kappa shape index (κ3) is 2.25. The predicted molar refractivity (Wildman–Crippen MR) is 79.2 cm³/mol. The molecule has 2 nitrogen and oxygen atoms in total. The second kappa shape index (κ2) is 4.46. The Kier molecular flexibility index (Phi) is 3.26. The van der Waals surface area contributed by atoms with Crippen molar-refractivity contribution in [3.05, 3.63) is 0 Å². The van der Waals surface area contributed by atoms with E-state index in [2.05, 4.69) is 33.0 Å². The van der Waals surface area contributed by atoms with Crippen molar-refractivity contribution in [2.45, 2.75) is 65.8 Å². The number of hydrogen-bond acceptors (Lipinski definition) is 2. The third-order valence-electron chi connectivity index (χ3n) is 6.70. The van der Waals surface area contributed by atoms with Crippen molar-refractivity contribution in [2.24, 2.45) is 22.2 Å². The summed E-state index contributed by atoms with van der Waals surface area (Å²) in [5.41, 5.74) is 1.48. The van der Waals surface area contributed by atoms with Crippen LogP contribution in [0.25, 0.3) is 0 Å². The zero-order valence-electron chi connectivity index (χ0n) is 13.2. The largest absolute Gasteiger partial charge is 0.381 e. The summed E-state index contributed by atoms with van der Waals surface area (Å²) in [6, 6.07) is 0.707. The van der Waals surface area contributed by atoms with E-state index in [4.69, 9.17) is 4.74 Å². The van der Waals surface area contributed by atoms with E-state index >= 15 is 0 Å². The number of hydrogen-bond donors (Lipinski definition) is 1. The van der Waals surface area contributed by atoms with Gasteiger partial charge in [0.05, 0.1) is 0 Å². The monoisotopic (exact) mass is 265 g/mol. The highest BCUT2D eigenvalue weighted by Gasteiger charge is 2.59. The zero-order valence-corrected chi connectivity index (χ0v) is 13.2. The predicted octanol–water partition coefficient (Wildman–Crippen LogP) is 3.61. The summed E-state index contributed by atoms with van der Waals surface area (Å²) >= 11 is 0. The van der Waals surface area contributed by atoms with Crippen molar-refractivity contribution < 1.29 is 4.74 Å². The molecule has 3 aliphatic rings. The smallest absolute Gasteiger partial charge is 0.0471 e. The molecular formula is C17H31NO. The van der Waals surface area contributed by atoms with E-state index < -0.39 is 0 Å². The molecule has 3 unspecified atom stereocenters. The van der Waals surface area contributed by atoms with E-state index in [1.54, 1.807) is 0 Å². The molecule has 2 bridgehead atoms. The van der Waals surface area contributed by atoms with Gasteiger partial charge >= 0.3 is 0 Å². The molecule has 2 saturated carbocycles. The van der Waals surface area contributed by atoms with E-state index in [9.17, 15) is 0 Å². The number of rotatable bonds is 3. The van der Waals surface area contributed by atoms with Gasteiger partial charge in [0.15, 0.2) is 0 Å². The first-order valence-electron chi connectivity index (χ1n) is 8.17. The van der Waals surface area contributed by atoms with Crippen LogP contribution in [0.3, 0.4) is 0 Å². The molecule has 3 fully saturated rings. The maximum Gasteiger partial charge on any atom is 0.0471 e. The van der Waals surface area contributed by atoms with Crippen molar-refractivity contribution >= 4 is 0 Å². The highest BCUT2D eigenvalue weighted by atomic mass is 16.5. The average Bonchev–Trinajstić information content (AvgIpc) is 2.80.